The largest absolute Gasteiger partial charge is 0.475 e. The highest BCUT2D eigenvalue weighted by Crippen LogP contribution is 2.28. The summed E-state index contributed by atoms with van der Waals surface area (Å²) in [5.41, 5.74) is -4.53. The lowest BCUT2D eigenvalue weighted by molar-refractivity contribution is -0.0420. The number of halogens is 17. The summed E-state index contributed by atoms with van der Waals surface area (Å²) >= 11 is 23.6. The summed E-state index contributed by atoms with van der Waals surface area (Å²) in [5, 5.41) is 0. The van der Waals surface area contributed by atoms with Gasteiger partial charge in [-0.2, -0.15) is 39.5 Å². The van der Waals surface area contributed by atoms with Gasteiger partial charge in [-0.05, 0) is 34.8 Å². The summed E-state index contributed by atoms with van der Waals surface area (Å²) in [4.78, 5) is -3.56. The first-order chi connectivity index (χ1) is 9.15. The third-order valence-electron chi connectivity index (χ3n) is 0. The summed E-state index contributed by atoms with van der Waals surface area (Å²) in [6, 6.07) is 0. The molecule has 0 radical (unpaired) electrons. The van der Waals surface area contributed by atoms with Gasteiger partial charge in [-0.15, -0.1) is 0 Å². The molecule has 0 aromatic heterocycles. The van der Waals surface area contributed by atoms with Gasteiger partial charge >= 0.3 is 20.1 Å². The van der Waals surface area contributed by atoms with Crippen molar-refractivity contribution < 1.29 is 43.9 Å². The number of alkyl halides is 17. The lowest BCUT2D eigenvalue weighted by Gasteiger charge is -1.88. The highest BCUT2D eigenvalue weighted by Gasteiger charge is 2.20. The third kappa shape index (κ3) is 3820. The van der Waals surface area contributed by atoms with Crippen molar-refractivity contribution in [2.75, 3.05) is 6.13 Å². The van der Waals surface area contributed by atoms with Gasteiger partial charge in [-0.3, -0.25) is 0 Å². The zero-order valence-corrected chi connectivity index (χ0v) is 16.2. The smallest absolute Gasteiger partial charge is 0.234 e. The summed E-state index contributed by atoms with van der Waals surface area (Å²) in [6.07, 6.45) is -0.778. The van der Waals surface area contributed by atoms with Crippen molar-refractivity contribution in [3.8, 4) is 0 Å². The van der Waals surface area contributed by atoms with Crippen LogP contribution in [0.15, 0.2) is 0 Å². The minimum atomic E-state index is -4.53. The molecule has 0 spiro atoms. The molecule has 0 aromatic carbocycles. The molecule has 0 aliphatic carbocycles. The van der Waals surface area contributed by atoms with Crippen LogP contribution in [-0.2, 0) is 0 Å². The average Bonchev–Trinajstić information content (AvgIpc) is 1.89. The Labute approximate surface area is 166 Å². The molecule has 0 aromatic rings. The van der Waals surface area contributed by atoms with Gasteiger partial charge in [0.25, 0.3) is 0 Å². The first kappa shape index (κ1) is 39.7. The van der Waals surface area contributed by atoms with E-state index in [4.69, 9.17) is 0 Å². The number of rotatable bonds is 0. The van der Waals surface area contributed by atoms with Crippen molar-refractivity contribution in [2.24, 2.45) is 0 Å². The molecule has 0 saturated carbocycles. The predicted octanol–water partition coefficient (Wildman–Crippen LogP) is 9.32. The molecular weight excluding hydrogens is 599 g/mol. The van der Waals surface area contributed by atoms with E-state index in [9.17, 15) is 43.9 Å². The fourth-order valence-corrected chi connectivity index (χ4v) is 0. The molecular formula is C6H7Br2Cl5F10. The van der Waals surface area contributed by atoms with Crippen LogP contribution < -0.4 is 0 Å². The molecule has 0 rings (SSSR count). The quantitative estimate of drug-likeness (QED) is 0.191. The van der Waals surface area contributed by atoms with Crippen LogP contribution in [0.25, 0.3) is 0 Å². The van der Waals surface area contributed by atoms with Crippen LogP contribution in [0.2, 0.25) is 0 Å². The Morgan fingerprint density at radius 2 is 0.826 bits per heavy atom. The molecule has 0 N–H and O–H groups in total. The van der Waals surface area contributed by atoms with E-state index in [1.54, 1.807) is 0 Å². The van der Waals surface area contributed by atoms with Crippen LogP contribution in [0.5, 0.6) is 0 Å². The molecule has 23 heavy (non-hydrogen) atoms. The lowest BCUT2D eigenvalue weighted by Crippen LogP contribution is -1.89. The van der Waals surface area contributed by atoms with Gasteiger partial charge in [0, 0.05) is 31.9 Å². The van der Waals surface area contributed by atoms with Gasteiger partial charge in [0.1, 0.15) is 0 Å². The Hall–Kier alpha value is 1.71. The van der Waals surface area contributed by atoms with Crippen LogP contribution in [-0.4, -0.2) is 26.2 Å². The molecule has 0 nitrogen and oxygen atoms in total. The highest BCUT2D eigenvalue weighted by molar-refractivity contribution is 9.25. The van der Waals surface area contributed by atoms with E-state index in [2.05, 4.69) is 58.0 Å². The highest BCUT2D eigenvalue weighted by atomic mass is 79.9. The van der Waals surface area contributed by atoms with Gasteiger partial charge in [0.05, 0.1) is 0 Å². The van der Waals surface area contributed by atoms with Crippen molar-refractivity contribution in [1.82, 2.24) is 0 Å². The number of hydrogen-bond acceptors (Lipinski definition) is 0. The fraction of sp³-hybridized carbons (Fsp3) is 1.00. The molecule has 0 aliphatic heterocycles. The third-order valence-corrected chi connectivity index (χ3v) is 0. The first-order valence-electron chi connectivity index (χ1n) is 3.46. The molecule has 150 valence electrons. The summed E-state index contributed by atoms with van der Waals surface area (Å²) in [5.74, 6) is -2.69. The van der Waals surface area contributed by atoms with Gasteiger partial charge in [0.15, 0.2) is 6.13 Å². The second-order valence-corrected chi connectivity index (χ2v) is 6.79. The Balaban J connectivity index is -0.0000000393. The summed E-state index contributed by atoms with van der Waals surface area (Å²) in [6.45, 7) is 0. The molecule has 0 saturated heterocycles. The van der Waals surface area contributed by atoms with E-state index >= 15 is 0 Å². The van der Waals surface area contributed by atoms with Crippen molar-refractivity contribution in [3.63, 3.8) is 0 Å². The SMILES string of the molecule is C.FC(F)(Br)Br.FC(F)(Cl)Cl.FC(F)(F)Cl.FC(F)Cl.FCCl. The van der Waals surface area contributed by atoms with E-state index < -0.39 is 26.2 Å². The van der Waals surface area contributed by atoms with Gasteiger partial charge in [0.2, 0.25) is 0 Å². The van der Waals surface area contributed by atoms with Crippen molar-refractivity contribution in [1.29, 1.82) is 0 Å². The Morgan fingerprint density at radius 3 is 0.826 bits per heavy atom. The second-order valence-electron chi connectivity index (χ2n) is 1.63. The van der Waals surface area contributed by atoms with E-state index in [1.165, 1.54) is 0 Å². The Morgan fingerprint density at radius 1 is 0.826 bits per heavy atom. The Kier molecular flexibility index (Phi) is 37.5. The summed E-state index contributed by atoms with van der Waals surface area (Å²) in [7, 11) is 0. The first-order valence-corrected chi connectivity index (χ1v) is 7.15. The normalized spacial score (nSPS) is 10.2. The Bertz CT molecular complexity index is 158. The van der Waals surface area contributed by atoms with Crippen molar-refractivity contribution in [3.05, 3.63) is 0 Å². The van der Waals surface area contributed by atoms with E-state index in [-0.39, 0.29) is 7.43 Å². The van der Waals surface area contributed by atoms with Gasteiger partial charge in [-0.25, -0.2) is 4.39 Å². The molecule has 0 heterocycles. The van der Waals surface area contributed by atoms with Crippen LogP contribution in [0.3, 0.4) is 0 Å². The molecule has 0 aliphatic rings. The van der Waals surface area contributed by atoms with E-state index in [1.807, 2.05) is 31.9 Å². The number of hydrogen-bond donors (Lipinski definition) is 0. The molecule has 0 atom stereocenters. The molecule has 0 bridgehead atoms. The maximum Gasteiger partial charge on any atom is 0.475 e. The molecule has 0 unspecified atom stereocenters. The van der Waals surface area contributed by atoms with Gasteiger partial charge in [-0.1, -0.05) is 30.6 Å². The monoisotopic (exact) mass is 602 g/mol. The van der Waals surface area contributed by atoms with Crippen LogP contribution >= 0.6 is 89.9 Å². The van der Waals surface area contributed by atoms with Crippen molar-refractivity contribution >= 4 is 89.9 Å². The minimum absolute atomic E-state index is 0. The van der Waals surface area contributed by atoms with Crippen LogP contribution in [0.1, 0.15) is 7.43 Å². The molecule has 0 amide bonds. The van der Waals surface area contributed by atoms with Crippen molar-refractivity contribution in [2.45, 2.75) is 27.5 Å². The maximum atomic E-state index is 10.9. The fourth-order valence-electron chi connectivity index (χ4n) is 0. The second kappa shape index (κ2) is 21.8. The summed E-state index contributed by atoms with van der Waals surface area (Å²) < 4.78 is 101. The average molecular weight is 606 g/mol. The molecule has 0 fully saturated rings. The zero-order valence-electron chi connectivity index (χ0n) is 9.21. The molecule has 17 heteroatoms. The van der Waals surface area contributed by atoms with Crippen LogP contribution in [0, 0.1) is 0 Å². The minimum Gasteiger partial charge on any atom is -0.234 e. The topological polar surface area (TPSA) is 0 Å². The van der Waals surface area contributed by atoms with Gasteiger partial charge < -0.3 is 0 Å². The predicted molar refractivity (Wildman–Crippen MR) is 81.8 cm³/mol. The standard InChI is InChI=1S/CBr2F2.CCl2F2.CClF3.CHClF2.CH2ClF.CH4/c3*2-1(3,4)5;2-1(3)4;2-1-3;/h;;;1H;1H2;1H4. The lowest BCUT2D eigenvalue weighted by atomic mass is 11.6. The zero-order chi connectivity index (χ0) is 19.8. The maximum absolute atomic E-state index is 10.9. The van der Waals surface area contributed by atoms with E-state index in [0.29, 0.717) is 0 Å². The van der Waals surface area contributed by atoms with E-state index in [0.717, 1.165) is 0 Å². The van der Waals surface area contributed by atoms with Crippen LogP contribution in [0.4, 0.5) is 43.9 Å².